The highest BCUT2D eigenvalue weighted by Crippen LogP contribution is 2.48. The fourth-order valence-corrected chi connectivity index (χ4v) is 3.09. The number of carbonyl (C=O) groups excluding carboxylic acids is 2. The van der Waals surface area contributed by atoms with Gasteiger partial charge in [-0.15, -0.1) is 0 Å². The van der Waals surface area contributed by atoms with E-state index < -0.39 is 5.91 Å². The molecule has 0 unspecified atom stereocenters. The maximum atomic E-state index is 13.0. The van der Waals surface area contributed by atoms with E-state index in [4.69, 9.17) is 14.7 Å². The molecule has 0 radical (unpaired) electrons. The van der Waals surface area contributed by atoms with Gasteiger partial charge in [0.25, 0.3) is 5.91 Å². The lowest BCUT2D eigenvalue weighted by molar-refractivity contribution is -0.142. The molecule has 2 N–H and O–H groups in total. The number of ether oxygens (including phenoxy) is 2. The van der Waals surface area contributed by atoms with Gasteiger partial charge in [0.15, 0.2) is 0 Å². The van der Waals surface area contributed by atoms with E-state index in [9.17, 15) is 9.59 Å². The van der Waals surface area contributed by atoms with E-state index in [1.54, 1.807) is 30.8 Å². The van der Waals surface area contributed by atoms with Crippen molar-refractivity contribution in [3.63, 3.8) is 0 Å². The predicted octanol–water partition coefficient (Wildman–Crippen LogP) is 1.45. The Labute approximate surface area is 153 Å². The Bertz CT molecular complexity index is 662. The maximum absolute atomic E-state index is 13.0. The second-order valence-electron chi connectivity index (χ2n) is 6.57. The van der Waals surface area contributed by atoms with Crippen molar-refractivity contribution in [2.45, 2.75) is 32.4 Å². The van der Waals surface area contributed by atoms with Crippen molar-refractivity contribution in [3.8, 4) is 5.75 Å². The zero-order valence-corrected chi connectivity index (χ0v) is 15.4. The third kappa shape index (κ3) is 3.75. The molecule has 2 aliphatic rings. The molecule has 1 aromatic rings. The van der Waals surface area contributed by atoms with Gasteiger partial charge in [-0.25, -0.2) is 5.48 Å². The lowest BCUT2D eigenvalue weighted by Gasteiger charge is -2.30. The number of hydrogen-bond acceptors (Lipinski definition) is 5. The van der Waals surface area contributed by atoms with Crippen LogP contribution in [0.25, 0.3) is 0 Å². The largest absolute Gasteiger partial charge is 0.491 e. The second-order valence-corrected chi connectivity index (χ2v) is 6.57. The molecule has 0 saturated heterocycles. The summed E-state index contributed by atoms with van der Waals surface area (Å²) >= 11 is 0. The average molecular weight is 368 g/mol. The SMILES string of the molecule is COCC1(C(=O)N2Cc3ccc(C(=O)NO)cc3OC[C@@H]2C)CC1.S. The van der Waals surface area contributed by atoms with E-state index in [0.29, 0.717) is 31.1 Å². The van der Waals surface area contributed by atoms with Gasteiger partial charge in [0.1, 0.15) is 12.4 Å². The molecule has 1 fully saturated rings. The van der Waals surface area contributed by atoms with Crippen molar-refractivity contribution in [3.05, 3.63) is 29.3 Å². The highest BCUT2D eigenvalue weighted by atomic mass is 32.1. The van der Waals surface area contributed by atoms with Crippen LogP contribution in [-0.2, 0) is 16.1 Å². The number of nitrogens with one attached hydrogen (secondary N) is 1. The van der Waals surface area contributed by atoms with Gasteiger partial charge in [0, 0.05) is 24.8 Å². The van der Waals surface area contributed by atoms with Crippen LogP contribution in [0.15, 0.2) is 18.2 Å². The van der Waals surface area contributed by atoms with E-state index in [1.807, 2.05) is 11.8 Å². The fraction of sp³-hybridized carbons (Fsp3) is 0.529. The van der Waals surface area contributed by atoms with Crippen LogP contribution in [-0.4, -0.2) is 48.3 Å². The normalized spacial score (nSPS) is 20.4. The van der Waals surface area contributed by atoms with E-state index in [1.165, 1.54) is 0 Å². The number of fused-ring (bicyclic) bond motifs is 1. The van der Waals surface area contributed by atoms with Crippen LogP contribution in [0.4, 0.5) is 0 Å². The van der Waals surface area contributed by atoms with E-state index in [-0.39, 0.29) is 30.9 Å². The van der Waals surface area contributed by atoms with Gasteiger partial charge in [-0.3, -0.25) is 14.8 Å². The van der Waals surface area contributed by atoms with Crippen molar-refractivity contribution in [2.75, 3.05) is 20.3 Å². The summed E-state index contributed by atoms with van der Waals surface area (Å²) in [6.07, 6.45) is 1.71. The topological polar surface area (TPSA) is 88.1 Å². The van der Waals surface area contributed by atoms with Gasteiger partial charge < -0.3 is 14.4 Å². The Hall–Kier alpha value is -1.77. The Kier molecular flexibility index (Phi) is 5.97. The third-order valence-electron chi connectivity index (χ3n) is 4.77. The number of benzene rings is 1. The minimum atomic E-state index is -0.594. The zero-order valence-electron chi connectivity index (χ0n) is 14.4. The smallest absolute Gasteiger partial charge is 0.274 e. The monoisotopic (exact) mass is 368 g/mol. The van der Waals surface area contributed by atoms with Crippen molar-refractivity contribution in [1.82, 2.24) is 10.4 Å². The first kappa shape index (κ1) is 19.6. The molecule has 1 aliphatic heterocycles. The second kappa shape index (κ2) is 7.63. The molecule has 1 heterocycles. The van der Waals surface area contributed by atoms with Crippen LogP contribution in [0.1, 0.15) is 35.7 Å². The summed E-state index contributed by atoms with van der Waals surface area (Å²) in [4.78, 5) is 26.3. The molecule has 2 amide bonds. The molecule has 1 saturated carbocycles. The van der Waals surface area contributed by atoms with Crippen molar-refractivity contribution >= 4 is 25.3 Å². The number of nitrogens with zero attached hydrogens (tertiary/aromatic N) is 1. The lowest BCUT2D eigenvalue weighted by Crippen LogP contribution is -2.45. The zero-order chi connectivity index (χ0) is 17.3. The highest BCUT2D eigenvalue weighted by molar-refractivity contribution is 7.59. The molecule has 8 heteroatoms. The third-order valence-corrected chi connectivity index (χ3v) is 4.77. The molecular formula is C17H24N2O5S. The van der Waals surface area contributed by atoms with Crippen LogP contribution in [0.5, 0.6) is 5.75 Å². The van der Waals surface area contributed by atoms with Gasteiger partial charge in [0.05, 0.1) is 18.1 Å². The molecule has 1 atom stereocenters. The minimum absolute atomic E-state index is 0. The summed E-state index contributed by atoms with van der Waals surface area (Å²) in [5, 5.41) is 8.75. The minimum Gasteiger partial charge on any atom is -0.491 e. The van der Waals surface area contributed by atoms with E-state index in [0.717, 1.165) is 18.4 Å². The van der Waals surface area contributed by atoms with Gasteiger partial charge in [0.2, 0.25) is 5.91 Å². The van der Waals surface area contributed by atoms with Crippen LogP contribution in [0, 0.1) is 5.41 Å². The number of hydroxylamine groups is 1. The van der Waals surface area contributed by atoms with Crippen molar-refractivity contribution in [2.24, 2.45) is 5.41 Å². The van der Waals surface area contributed by atoms with Crippen LogP contribution >= 0.6 is 13.5 Å². The summed E-state index contributed by atoms with van der Waals surface area (Å²) in [5.74, 6) is 0.0731. The first-order valence-electron chi connectivity index (χ1n) is 8.01. The first-order chi connectivity index (χ1) is 11.5. The number of hydrogen-bond donors (Lipinski definition) is 2. The molecule has 1 aliphatic carbocycles. The average Bonchev–Trinajstić information content (AvgIpc) is 3.39. The van der Waals surface area contributed by atoms with Gasteiger partial charge >= 0.3 is 0 Å². The number of rotatable bonds is 4. The summed E-state index contributed by atoms with van der Waals surface area (Å²) < 4.78 is 11.0. The number of amides is 2. The molecule has 7 nitrogen and oxygen atoms in total. The van der Waals surface area contributed by atoms with E-state index in [2.05, 4.69) is 0 Å². The molecule has 1 aromatic carbocycles. The molecule has 138 valence electrons. The summed E-state index contributed by atoms with van der Waals surface area (Å²) in [6.45, 7) is 3.18. The standard InChI is InChI=1S/C17H22N2O5.H2S/c1-11-9-24-14-7-12(15(20)18-22)3-4-13(14)8-19(11)16(21)17(5-6-17)10-23-2;/h3-4,7,11,22H,5-6,8-10H2,1-2H3,(H,18,20);1H2/t11-;/m0./s1. The summed E-state index contributed by atoms with van der Waals surface area (Å²) in [7, 11) is 1.62. The number of methoxy groups -OCH3 is 1. The Morgan fingerprint density at radius 2 is 2.16 bits per heavy atom. The number of carbonyl (C=O) groups is 2. The Morgan fingerprint density at radius 3 is 2.76 bits per heavy atom. The van der Waals surface area contributed by atoms with Gasteiger partial charge in [-0.2, -0.15) is 13.5 Å². The van der Waals surface area contributed by atoms with Crippen LogP contribution in [0.2, 0.25) is 0 Å². The van der Waals surface area contributed by atoms with Crippen molar-refractivity contribution < 1.29 is 24.3 Å². The molecule has 0 bridgehead atoms. The Balaban J connectivity index is 0.00000225. The first-order valence-corrected chi connectivity index (χ1v) is 8.01. The molecule has 3 rings (SSSR count). The molecular weight excluding hydrogens is 344 g/mol. The van der Waals surface area contributed by atoms with Gasteiger partial charge in [-0.1, -0.05) is 6.07 Å². The predicted molar refractivity (Wildman–Crippen MR) is 95.1 cm³/mol. The highest BCUT2D eigenvalue weighted by Gasteiger charge is 2.52. The fourth-order valence-electron chi connectivity index (χ4n) is 3.09. The van der Waals surface area contributed by atoms with Gasteiger partial charge in [-0.05, 0) is 31.9 Å². The summed E-state index contributed by atoms with van der Waals surface area (Å²) in [5.41, 5.74) is 2.37. The maximum Gasteiger partial charge on any atom is 0.274 e. The molecule has 25 heavy (non-hydrogen) atoms. The molecule has 0 spiro atoms. The summed E-state index contributed by atoms with van der Waals surface area (Å²) in [6, 6.07) is 4.88. The Morgan fingerprint density at radius 1 is 1.44 bits per heavy atom. The van der Waals surface area contributed by atoms with E-state index >= 15 is 0 Å². The molecule has 0 aromatic heterocycles. The van der Waals surface area contributed by atoms with Crippen molar-refractivity contribution in [1.29, 1.82) is 0 Å². The van der Waals surface area contributed by atoms with Crippen LogP contribution in [0.3, 0.4) is 0 Å². The van der Waals surface area contributed by atoms with Crippen LogP contribution < -0.4 is 10.2 Å². The quantitative estimate of drug-likeness (QED) is 0.620. The lowest BCUT2D eigenvalue weighted by atomic mass is 10.0.